The average molecular weight is 370 g/mol. The van der Waals surface area contributed by atoms with Crippen molar-refractivity contribution in [1.82, 2.24) is 5.32 Å². The van der Waals surface area contributed by atoms with Crippen LogP contribution in [0.3, 0.4) is 0 Å². The number of ether oxygens (including phenoxy) is 2. The molecule has 0 heterocycles. The molecular formula is C19H28ClNO4. The van der Waals surface area contributed by atoms with Crippen molar-refractivity contribution in [2.24, 2.45) is 11.8 Å². The second kappa shape index (κ2) is 9.20. The number of hydrogen-bond acceptors (Lipinski definition) is 5. The van der Waals surface area contributed by atoms with E-state index < -0.39 is 0 Å². The highest BCUT2D eigenvalue weighted by molar-refractivity contribution is 5.85. The highest BCUT2D eigenvalue weighted by atomic mass is 35.5. The standard InChI is InChI=1S/C19H27NO4.ClH/c1-11(2)18(21)23-16-9-6-13-10-14(20-5)7-8-15(13)17(16)24-19(22)12(3)4;/h6,9,11-12,14,20H,7-8,10H2,1-5H3;1H/t14-;/m1./s1. The van der Waals surface area contributed by atoms with Crippen LogP contribution in [0.15, 0.2) is 12.1 Å². The van der Waals surface area contributed by atoms with E-state index in [0.717, 1.165) is 30.4 Å². The maximum absolute atomic E-state index is 12.1. The average Bonchev–Trinajstić information content (AvgIpc) is 2.55. The molecule has 0 aliphatic heterocycles. The van der Waals surface area contributed by atoms with Crippen molar-refractivity contribution in [2.75, 3.05) is 7.05 Å². The molecule has 25 heavy (non-hydrogen) atoms. The second-order valence-corrected chi connectivity index (χ2v) is 6.91. The molecular weight excluding hydrogens is 342 g/mol. The van der Waals surface area contributed by atoms with Crippen LogP contribution in [0.2, 0.25) is 0 Å². The summed E-state index contributed by atoms with van der Waals surface area (Å²) >= 11 is 0. The van der Waals surface area contributed by atoms with Crippen LogP contribution in [-0.2, 0) is 22.4 Å². The largest absolute Gasteiger partial charge is 0.422 e. The minimum Gasteiger partial charge on any atom is -0.422 e. The second-order valence-electron chi connectivity index (χ2n) is 6.91. The van der Waals surface area contributed by atoms with Crippen LogP contribution in [0.25, 0.3) is 0 Å². The first-order chi connectivity index (χ1) is 11.3. The Hall–Kier alpha value is -1.59. The molecule has 1 aliphatic rings. The summed E-state index contributed by atoms with van der Waals surface area (Å²) in [7, 11) is 1.95. The number of likely N-dealkylation sites (N-methyl/N-ethyl adjacent to an activating group) is 1. The predicted molar refractivity (Wildman–Crippen MR) is 99.5 cm³/mol. The highest BCUT2D eigenvalue weighted by Gasteiger charge is 2.26. The molecule has 140 valence electrons. The lowest BCUT2D eigenvalue weighted by Gasteiger charge is -2.27. The Morgan fingerprint density at radius 1 is 1.08 bits per heavy atom. The number of halogens is 1. The summed E-state index contributed by atoms with van der Waals surface area (Å²) in [6.45, 7) is 7.12. The molecule has 5 nitrogen and oxygen atoms in total. The molecule has 0 aromatic heterocycles. The van der Waals surface area contributed by atoms with Crippen LogP contribution in [0.5, 0.6) is 11.5 Å². The summed E-state index contributed by atoms with van der Waals surface area (Å²) in [6.07, 6.45) is 2.61. The highest BCUT2D eigenvalue weighted by Crippen LogP contribution is 2.38. The number of esters is 2. The smallest absolute Gasteiger partial charge is 0.313 e. The summed E-state index contributed by atoms with van der Waals surface area (Å²) in [5.74, 6) is -0.396. The van der Waals surface area contributed by atoms with Crippen molar-refractivity contribution in [3.8, 4) is 11.5 Å². The van der Waals surface area contributed by atoms with E-state index in [-0.39, 0.29) is 36.2 Å². The fourth-order valence-electron chi connectivity index (χ4n) is 2.68. The number of nitrogens with one attached hydrogen (secondary N) is 1. The van der Waals surface area contributed by atoms with Gasteiger partial charge >= 0.3 is 11.9 Å². The SMILES string of the molecule is CN[C@@H]1CCc2c(ccc(OC(=O)C(C)C)c2OC(=O)C(C)C)C1.Cl. The van der Waals surface area contributed by atoms with Gasteiger partial charge in [0.25, 0.3) is 0 Å². The molecule has 0 unspecified atom stereocenters. The fourth-order valence-corrected chi connectivity index (χ4v) is 2.68. The summed E-state index contributed by atoms with van der Waals surface area (Å²) in [5.41, 5.74) is 2.11. The van der Waals surface area contributed by atoms with Crippen LogP contribution in [0.4, 0.5) is 0 Å². The quantitative estimate of drug-likeness (QED) is 0.637. The lowest BCUT2D eigenvalue weighted by Crippen LogP contribution is -2.32. The molecule has 0 spiro atoms. The van der Waals surface area contributed by atoms with Gasteiger partial charge in [-0.05, 0) is 37.9 Å². The van der Waals surface area contributed by atoms with Gasteiger partial charge < -0.3 is 14.8 Å². The first-order valence-electron chi connectivity index (χ1n) is 8.58. The zero-order valence-electron chi connectivity index (χ0n) is 15.5. The van der Waals surface area contributed by atoms with Crippen molar-refractivity contribution in [2.45, 2.75) is 53.0 Å². The normalized spacial score (nSPS) is 16.2. The molecule has 0 fully saturated rings. The van der Waals surface area contributed by atoms with E-state index in [0.29, 0.717) is 17.5 Å². The summed E-state index contributed by atoms with van der Waals surface area (Å²) in [5, 5.41) is 3.29. The van der Waals surface area contributed by atoms with Crippen LogP contribution in [-0.4, -0.2) is 25.0 Å². The first kappa shape index (κ1) is 21.5. The zero-order valence-corrected chi connectivity index (χ0v) is 16.4. The number of rotatable bonds is 5. The van der Waals surface area contributed by atoms with E-state index in [1.165, 1.54) is 0 Å². The molecule has 0 saturated heterocycles. The van der Waals surface area contributed by atoms with Gasteiger partial charge in [0.05, 0.1) is 11.8 Å². The first-order valence-corrected chi connectivity index (χ1v) is 8.58. The van der Waals surface area contributed by atoms with Crippen LogP contribution in [0.1, 0.15) is 45.2 Å². The van der Waals surface area contributed by atoms with Crippen molar-refractivity contribution in [3.05, 3.63) is 23.3 Å². The van der Waals surface area contributed by atoms with Gasteiger partial charge in [-0.15, -0.1) is 12.4 Å². The molecule has 1 aromatic rings. The third-order valence-electron chi connectivity index (χ3n) is 4.29. The van der Waals surface area contributed by atoms with Crippen molar-refractivity contribution >= 4 is 24.3 Å². The molecule has 0 radical (unpaired) electrons. The number of hydrogen-bond donors (Lipinski definition) is 1. The molecule has 0 bridgehead atoms. The summed E-state index contributed by atoms with van der Waals surface area (Å²) < 4.78 is 11.1. The van der Waals surface area contributed by atoms with E-state index in [9.17, 15) is 9.59 Å². The van der Waals surface area contributed by atoms with Gasteiger partial charge in [-0.1, -0.05) is 33.8 Å². The maximum atomic E-state index is 12.1. The van der Waals surface area contributed by atoms with Gasteiger partial charge in [0.2, 0.25) is 0 Å². The monoisotopic (exact) mass is 369 g/mol. The van der Waals surface area contributed by atoms with E-state index in [1.54, 1.807) is 33.8 Å². The summed E-state index contributed by atoms with van der Waals surface area (Å²) in [6, 6.07) is 4.12. The van der Waals surface area contributed by atoms with Gasteiger partial charge in [-0.3, -0.25) is 9.59 Å². The number of carbonyl (C=O) groups excluding carboxylic acids is 2. The molecule has 1 N–H and O–H groups in total. The van der Waals surface area contributed by atoms with Gasteiger partial charge in [0, 0.05) is 11.6 Å². The Kier molecular flexibility index (Phi) is 7.90. The van der Waals surface area contributed by atoms with Gasteiger partial charge in [-0.2, -0.15) is 0 Å². The molecule has 1 aliphatic carbocycles. The van der Waals surface area contributed by atoms with Crippen LogP contribution < -0.4 is 14.8 Å². The van der Waals surface area contributed by atoms with Gasteiger partial charge in [0.1, 0.15) is 0 Å². The fraction of sp³-hybridized carbons (Fsp3) is 0.579. The number of benzene rings is 1. The number of carbonyl (C=O) groups is 2. The van der Waals surface area contributed by atoms with E-state index >= 15 is 0 Å². The van der Waals surface area contributed by atoms with E-state index in [4.69, 9.17) is 9.47 Å². The molecule has 6 heteroatoms. The van der Waals surface area contributed by atoms with Crippen LogP contribution >= 0.6 is 12.4 Å². The molecule has 0 amide bonds. The van der Waals surface area contributed by atoms with E-state index in [1.807, 2.05) is 13.1 Å². The Morgan fingerprint density at radius 2 is 1.68 bits per heavy atom. The van der Waals surface area contributed by atoms with Crippen LogP contribution in [0, 0.1) is 11.8 Å². The third kappa shape index (κ3) is 5.19. The minimum atomic E-state index is -0.333. The van der Waals surface area contributed by atoms with Crippen molar-refractivity contribution in [1.29, 1.82) is 0 Å². The predicted octanol–water partition coefficient (Wildman–Crippen LogP) is 3.31. The van der Waals surface area contributed by atoms with Gasteiger partial charge in [-0.25, -0.2) is 0 Å². The Balaban J connectivity index is 0.00000312. The number of fused-ring (bicyclic) bond motifs is 1. The van der Waals surface area contributed by atoms with E-state index in [2.05, 4.69) is 5.32 Å². The Bertz CT molecular complexity index is 628. The molecule has 1 atom stereocenters. The van der Waals surface area contributed by atoms with Crippen molar-refractivity contribution < 1.29 is 19.1 Å². The zero-order chi connectivity index (χ0) is 17.9. The Labute approximate surface area is 155 Å². The van der Waals surface area contributed by atoms with Crippen molar-refractivity contribution in [3.63, 3.8) is 0 Å². The lowest BCUT2D eigenvalue weighted by atomic mass is 9.87. The topological polar surface area (TPSA) is 64.6 Å². The third-order valence-corrected chi connectivity index (χ3v) is 4.29. The van der Waals surface area contributed by atoms with Gasteiger partial charge in [0.15, 0.2) is 11.5 Å². The lowest BCUT2D eigenvalue weighted by molar-refractivity contribution is -0.140. The molecule has 1 aromatic carbocycles. The maximum Gasteiger partial charge on any atom is 0.313 e. The molecule has 2 rings (SSSR count). The summed E-state index contributed by atoms with van der Waals surface area (Å²) in [4.78, 5) is 24.1. The molecule has 0 saturated carbocycles. The minimum absolute atomic E-state index is 0. The Morgan fingerprint density at radius 3 is 2.24 bits per heavy atom.